The van der Waals surface area contributed by atoms with Gasteiger partial charge in [0.1, 0.15) is 0 Å². The van der Waals surface area contributed by atoms with Crippen LogP contribution in [0.2, 0.25) is 5.02 Å². The van der Waals surface area contributed by atoms with Crippen LogP contribution in [0.4, 0.5) is 0 Å². The average Bonchev–Trinajstić information content (AvgIpc) is 2.99. The fraction of sp³-hybridized carbons (Fsp3) is 0.250. The summed E-state index contributed by atoms with van der Waals surface area (Å²) in [6.07, 6.45) is 5.57. The number of benzene rings is 1. The summed E-state index contributed by atoms with van der Waals surface area (Å²) in [6.45, 7) is 0.770. The molecule has 1 fully saturated rings. The van der Waals surface area contributed by atoms with Crippen molar-refractivity contribution >= 4 is 33.4 Å². The predicted molar refractivity (Wildman–Crippen MR) is 86.4 cm³/mol. The monoisotopic (exact) mass is 364 g/mol. The highest BCUT2D eigenvalue weighted by molar-refractivity contribution is 9.10. The van der Waals surface area contributed by atoms with E-state index in [2.05, 4.69) is 20.9 Å². The van der Waals surface area contributed by atoms with E-state index in [1.807, 2.05) is 29.3 Å². The maximum absolute atomic E-state index is 12.7. The summed E-state index contributed by atoms with van der Waals surface area (Å²) >= 11 is 9.44. The predicted octanol–water partition coefficient (Wildman–Crippen LogP) is 4.47. The van der Waals surface area contributed by atoms with E-state index in [1.54, 1.807) is 18.3 Å². The van der Waals surface area contributed by atoms with Crippen molar-refractivity contribution in [3.8, 4) is 0 Å². The first-order chi connectivity index (χ1) is 10.2. The number of carbonyl (C=O) groups is 1. The van der Waals surface area contributed by atoms with Gasteiger partial charge in [-0.3, -0.25) is 9.78 Å². The number of carbonyl (C=O) groups excluding carboxylic acids is 1. The summed E-state index contributed by atoms with van der Waals surface area (Å²) in [6, 6.07) is 9.37. The molecular weight excluding hydrogens is 352 g/mol. The van der Waals surface area contributed by atoms with Gasteiger partial charge in [-0.05, 0) is 58.6 Å². The van der Waals surface area contributed by atoms with Crippen LogP contribution >= 0.6 is 27.5 Å². The summed E-state index contributed by atoms with van der Waals surface area (Å²) in [5, 5.41) is 0.554. The van der Waals surface area contributed by atoms with Gasteiger partial charge >= 0.3 is 0 Å². The van der Waals surface area contributed by atoms with Crippen LogP contribution in [0.15, 0.2) is 47.2 Å². The van der Waals surface area contributed by atoms with Crippen molar-refractivity contribution in [2.45, 2.75) is 18.9 Å². The van der Waals surface area contributed by atoms with Crippen LogP contribution in [0, 0.1) is 0 Å². The molecule has 0 saturated carbocycles. The molecular formula is C16H14BrClN2O. The van der Waals surface area contributed by atoms with Gasteiger partial charge in [-0.2, -0.15) is 0 Å². The Morgan fingerprint density at radius 1 is 1.38 bits per heavy atom. The summed E-state index contributed by atoms with van der Waals surface area (Å²) < 4.78 is 0.797. The summed E-state index contributed by atoms with van der Waals surface area (Å²) in [7, 11) is 0. The standard InChI is InChI=1S/C16H14BrClN2O/c17-13-6-5-11(9-14(13)18)16(21)20-8-2-4-15(20)12-3-1-7-19-10-12/h1,3,5-7,9-10,15H,2,4,8H2. The second-order valence-electron chi connectivity index (χ2n) is 5.07. The van der Waals surface area contributed by atoms with E-state index in [-0.39, 0.29) is 11.9 Å². The number of rotatable bonds is 2. The molecule has 3 rings (SSSR count). The number of amides is 1. The van der Waals surface area contributed by atoms with Gasteiger partial charge < -0.3 is 4.90 Å². The highest BCUT2D eigenvalue weighted by Crippen LogP contribution is 2.33. The first-order valence-electron chi connectivity index (χ1n) is 6.83. The summed E-state index contributed by atoms with van der Waals surface area (Å²) in [5.74, 6) is 0.0238. The van der Waals surface area contributed by atoms with Gasteiger partial charge in [0.05, 0.1) is 11.1 Å². The third kappa shape index (κ3) is 2.97. The Kier molecular flexibility index (Phi) is 4.27. The molecule has 1 aliphatic rings. The van der Waals surface area contributed by atoms with Crippen LogP contribution < -0.4 is 0 Å². The Morgan fingerprint density at radius 3 is 2.95 bits per heavy atom. The Bertz CT molecular complexity index is 663. The van der Waals surface area contributed by atoms with Gasteiger partial charge in [0.2, 0.25) is 0 Å². The number of nitrogens with zero attached hydrogens (tertiary/aromatic N) is 2. The molecule has 0 N–H and O–H groups in total. The fourth-order valence-corrected chi connectivity index (χ4v) is 3.15. The Morgan fingerprint density at radius 2 is 2.24 bits per heavy atom. The van der Waals surface area contributed by atoms with Crippen molar-refractivity contribution in [2.75, 3.05) is 6.54 Å². The Labute approximate surface area is 137 Å². The number of pyridine rings is 1. The van der Waals surface area contributed by atoms with Gasteiger partial charge in [0.25, 0.3) is 5.91 Å². The van der Waals surface area contributed by atoms with Gasteiger partial charge in [-0.25, -0.2) is 0 Å². The number of hydrogen-bond donors (Lipinski definition) is 0. The SMILES string of the molecule is O=C(c1ccc(Br)c(Cl)c1)N1CCCC1c1cccnc1. The van der Waals surface area contributed by atoms with Crippen molar-refractivity contribution in [3.63, 3.8) is 0 Å². The number of hydrogen-bond acceptors (Lipinski definition) is 2. The lowest BCUT2D eigenvalue weighted by Gasteiger charge is -2.25. The zero-order valence-corrected chi connectivity index (χ0v) is 13.6. The lowest BCUT2D eigenvalue weighted by Crippen LogP contribution is -2.30. The van der Waals surface area contributed by atoms with Gasteiger partial charge in [0.15, 0.2) is 0 Å². The molecule has 0 radical (unpaired) electrons. The summed E-state index contributed by atoms with van der Waals surface area (Å²) in [5.41, 5.74) is 1.71. The number of aromatic nitrogens is 1. The fourth-order valence-electron chi connectivity index (χ4n) is 2.72. The van der Waals surface area contributed by atoms with Crippen LogP contribution in [0.25, 0.3) is 0 Å². The van der Waals surface area contributed by atoms with Gasteiger partial charge in [-0.15, -0.1) is 0 Å². The molecule has 2 heterocycles. The molecule has 1 atom stereocenters. The molecule has 0 spiro atoms. The third-order valence-corrected chi connectivity index (χ3v) is 4.98. The highest BCUT2D eigenvalue weighted by Gasteiger charge is 2.30. The lowest BCUT2D eigenvalue weighted by molar-refractivity contribution is 0.0735. The Balaban J connectivity index is 1.88. The number of likely N-dealkylation sites (tertiary alicyclic amines) is 1. The second kappa shape index (κ2) is 6.16. The van der Waals surface area contributed by atoms with Crippen molar-refractivity contribution in [1.29, 1.82) is 0 Å². The van der Waals surface area contributed by atoms with E-state index >= 15 is 0 Å². The lowest BCUT2D eigenvalue weighted by atomic mass is 10.1. The maximum Gasteiger partial charge on any atom is 0.254 e. The minimum Gasteiger partial charge on any atom is -0.332 e. The first-order valence-corrected chi connectivity index (χ1v) is 8.00. The quantitative estimate of drug-likeness (QED) is 0.786. The van der Waals surface area contributed by atoms with E-state index in [0.717, 1.165) is 29.4 Å². The molecule has 1 aliphatic heterocycles. The summed E-state index contributed by atoms with van der Waals surface area (Å²) in [4.78, 5) is 18.8. The highest BCUT2D eigenvalue weighted by atomic mass is 79.9. The molecule has 5 heteroatoms. The van der Waals surface area contributed by atoms with Crippen molar-refractivity contribution < 1.29 is 4.79 Å². The van der Waals surface area contributed by atoms with Gasteiger partial charge in [-0.1, -0.05) is 17.7 Å². The zero-order valence-electron chi connectivity index (χ0n) is 11.3. The normalized spacial score (nSPS) is 18.0. The van der Waals surface area contributed by atoms with E-state index < -0.39 is 0 Å². The van der Waals surface area contributed by atoms with E-state index in [1.165, 1.54) is 0 Å². The molecule has 1 amide bonds. The van der Waals surface area contributed by atoms with Crippen molar-refractivity contribution in [1.82, 2.24) is 9.88 Å². The minimum absolute atomic E-state index is 0.0238. The molecule has 108 valence electrons. The van der Waals surface area contributed by atoms with Crippen molar-refractivity contribution in [3.05, 3.63) is 63.3 Å². The van der Waals surface area contributed by atoms with Crippen LogP contribution in [0.3, 0.4) is 0 Å². The van der Waals surface area contributed by atoms with E-state index in [9.17, 15) is 4.79 Å². The maximum atomic E-state index is 12.7. The van der Waals surface area contributed by atoms with Crippen molar-refractivity contribution in [2.24, 2.45) is 0 Å². The molecule has 1 saturated heterocycles. The third-order valence-electron chi connectivity index (χ3n) is 3.75. The molecule has 21 heavy (non-hydrogen) atoms. The zero-order chi connectivity index (χ0) is 14.8. The molecule has 1 aromatic heterocycles. The Hall–Kier alpha value is -1.39. The van der Waals surface area contributed by atoms with E-state index in [4.69, 9.17) is 11.6 Å². The average molecular weight is 366 g/mol. The number of halogens is 2. The van der Waals surface area contributed by atoms with Gasteiger partial charge in [0, 0.05) is 29.0 Å². The largest absolute Gasteiger partial charge is 0.332 e. The van der Waals surface area contributed by atoms with Crippen LogP contribution in [0.1, 0.15) is 34.8 Å². The molecule has 1 aromatic carbocycles. The van der Waals surface area contributed by atoms with Crippen LogP contribution in [0.5, 0.6) is 0 Å². The molecule has 3 nitrogen and oxygen atoms in total. The first kappa shape index (κ1) is 14.5. The minimum atomic E-state index is 0.0238. The molecule has 0 bridgehead atoms. The molecule has 0 aliphatic carbocycles. The second-order valence-corrected chi connectivity index (χ2v) is 6.33. The topological polar surface area (TPSA) is 33.2 Å². The smallest absolute Gasteiger partial charge is 0.254 e. The van der Waals surface area contributed by atoms with Crippen LogP contribution in [-0.2, 0) is 0 Å². The molecule has 2 aromatic rings. The van der Waals surface area contributed by atoms with E-state index in [0.29, 0.717) is 10.6 Å². The van der Waals surface area contributed by atoms with Crippen LogP contribution in [-0.4, -0.2) is 22.3 Å². The molecule has 1 unspecified atom stereocenters.